The number of aryl methyl sites for hydroxylation is 1. The van der Waals surface area contributed by atoms with E-state index >= 15 is 0 Å². The maximum Gasteiger partial charge on any atom is 0.306 e. The molecular formula is C31H38O6S. The smallest absolute Gasteiger partial charge is 0.306 e. The van der Waals surface area contributed by atoms with Crippen LogP contribution in [0.25, 0.3) is 10.8 Å². The molecule has 0 bridgehead atoms. The van der Waals surface area contributed by atoms with Gasteiger partial charge in [-0.25, -0.2) is 8.42 Å². The van der Waals surface area contributed by atoms with Gasteiger partial charge in [0.05, 0.1) is 29.5 Å². The number of carbonyl (C=O) groups excluding carboxylic acids is 1. The van der Waals surface area contributed by atoms with Crippen molar-refractivity contribution in [2.24, 2.45) is 0 Å². The first-order valence-corrected chi connectivity index (χ1v) is 15.2. The lowest BCUT2D eigenvalue weighted by atomic mass is 9.94. The highest BCUT2D eigenvalue weighted by Gasteiger charge is 2.26. The standard InChI is InChI=1S/C31H38O6S/c1-4-35-30(32)18-17-23-20-24(28-15-8-9-16-29(28)31(23)36-5-2)19-22(3)38(33,34)27-14-10-13-26(21-27)37-25-11-6-7-12-25/h8-10,13-16,20-22,25H,4-7,11-12,17-19H2,1-3H3/t22-/m0/s1. The second kappa shape index (κ2) is 12.7. The zero-order chi connectivity index (χ0) is 27.1. The molecule has 204 valence electrons. The maximum atomic E-state index is 13.7. The third-order valence-corrected chi connectivity index (χ3v) is 9.26. The monoisotopic (exact) mass is 538 g/mol. The second-order valence-electron chi connectivity index (χ2n) is 9.87. The molecule has 0 heterocycles. The normalized spacial score (nSPS) is 14.9. The number of fused-ring (bicyclic) bond motifs is 1. The van der Waals surface area contributed by atoms with Crippen LogP contribution in [0.15, 0.2) is 59.5 Å². The summed E-state index contributed by atoms with van der Waals surface area (Å²) in [4.78, 5) is 12.4. The molecule has 1 atom stereocenters. The average Bonchev–Trinajstić information content (AvgIpc) is 3.42. The largest absolute Gasteiger partial charge is 0.493 e. The van der Waals surface area contributed by atoms with Crippen LogP contribution in [0.2, 0.25) is 0 Å². The Morgan fingerprint density at radius 2 is 1.68 bits per heavy atom. The number of hydrogen-bond donors (Lipinski definition) is 0. The van der Waals surface area contributed by atoms with Gasteiger partial charge in [-0.05, 0) is 94.0 Å². The van der Waals surface area contributed by atoms with Crippen molar-refractivity contribution in [2.75, 3.05) is 13.2 Å². The van der Waals surface area contributed by atoms with E-state index in [0.717, 1.165) is 53.3 Å². The molecule has 0 spiro atoms. The zero-order valence-corrected chi connectivity index (χ0v) is 23.4. The van der Waals surface area contributed by atoms with Gasteiger partial charge in [-0.3, -0.25) is 4.79 Å². The van der Waals surface area contributed by atoms with Crippen molar-refractivity contribution in [3.8, 4) is 11.5 Å². The lowest BCUT2D eigenvalue weighted by Crippen LogP contribution is -2.21. The molecule has 38 heavy (non-hydrogen) atoms. The molecule has 0 amide bonds. The van der Waals surface area contributed by atoms with Crippen LogP contribution in [-0.2, 0) is 32.2 Å². The molecule has 4 rings (SSSR count). The van der Waals surface area contributed by atoms with Crippen LogP contribution >= 0.6 is 0 Å². The summed E-state index contributed by atoms with van der Waals surface area (Å²) >= 11 is 0. The van der Waals surface area contributed by atoms with Gasteiger partial charge in [-0.15, -0.1) is 0 Å². The van der Waals surface area contributed by atoms with E-state index < -0.39 is 15.1 Å². The maximum absolute atomic E-state index is 13.7. The third kappa shape index (κ3) is 6.49. The van der Waals surface area contributed by atoms with Crippen LogP contribution in [-0.4, -0.2) is 39.0 Å². The molecule has 0 unspecified atom stereocenters. The highest BCUT2D eigenvalue weighted by atomic mass is 32.2. The summed E-state index contributed by atoms with van der Waals surface area (Å²) in [6.07, 6.45) is 5.49. The van der Waals surface area contributed by atoms with E-state index in [-0.39, 0.29) is 23.4 Å². The van der Waals surface area contributed by atoms with E-state index in [4.69, 9.17) is 14.2 Å². The molecule has 0 radical (unpaired) electrons. The summed E-state index contributed by atoms with van der Waals surface area (Å²) in [7, 11) is -3.61. The molecule has 1 aliphatic carbocycles. The third-order valence-electron chi connectivity index (χ3n) is 7.13. The Hall–Kier alpha value is -3.06. The lowest BCUT2D eigenvalue weighted by molar-refractivity contribution is -0.143. The quantitative estimate of drug-likeness (QED) is 0.246. The first-order valence-electron chi connectivity index (χ1n) is 13.7. The van der Waals surface area contributed by atoms with Crippen molar-refractivity contribution < 1.29 is 27.4 Å². The first-order chi connectivity index (χ1) is 18.3. The number of hydrogen-bond acceptors (Lipinski definition) is 6. The van der Waals surface area contributed by atoms with Crippen molar-refractivity contribution in [1.82, 2.24) is 0 Å². The van der Waals surface area contributed by atoms with Crippen molar-refractivity contribution in [2.45, 2.75) is 82.0 Å². The fraction of sp³-hybridized carbons (Fsp3) is 0.452. The Kier molecular flexibility index (Phi) is 9.31. The number of sulfone groups is 1. The Bertz CT molecular complexity index is 1360. The summed E-state index contributed by atoms with van der Waals surface area (Å²) in [5.41, 5.74) is 1.79. The van der Waals surface area contributed by atoms with Crippen molar-refractivity contribution in [3.63, 3.8) is 0 Å². The number of rotatable bonds is 12. The summed E-state index contributed by atoms with van der Waals surface area (Å²) in [6.45, 7) is 6.29. The van der Waals surface area contributed by atoms with Gasteiger partial charge < -0.3 is 14.2 Å². The zero-order valence-electron chi connectivity index (χ0n) is 22.6. The van der Waals surface area contributed by atoms with Crippen molar-refractivity contribution >= 4 is 26.6 Å². The fourth-order valence-electron chi connectivity index (χ4n) is 5.20. The van der Waals surface area contributed by atoms with Crippen molar-refractivity contribution in [1.29, 1.82) is 0 Å². The van der Waals surface area contributed by atoms with Crippen LogP contribution < -0.4 is 9.47 Å². The van der Waals surface area contributed by atoms with E-state index in [0.29, 0.717) is 31.8 Å². The lowest BCUT2D eigenvalue weighted by Gasteiger charge is -2.20. The Balaban J connectivity index is 1.64. The Morgan fingerprint density at radius 1 is 0.947 bits per heavy atom. The van der Waals surface area contributed by atoms with Gasteiger partial charge in [0, 0.05) is 11.8 Å². The number of ether oxygens (including phenoxy) is 3. The summed E-state index contributed by atoms with van der Waals surface area (Å²) < 4.78 is 44.5. The summed E-state index contributed by atoms with van der Waals surface area (Å²) in [5, 5.41) is 1.21. The van der Waals surface area contributed by atoms with E-state index in [9.17, 15) is 13.2 Å². The van der Waals surface area contributed by atoms with Crippen LogP contribution in [0.4, 0.5) is 0 Å². The van der Waals surface area contributed by atoms with Crippen LogP contribution in [0.5, 0.6) is 11.5 Å². The SMILES string of the molecule is CCOC(=O)CCc1cc(C[C@H](C)S(=O)(=O)c2cccc(OC3CCCC3)c2)c2ccccc2c1OCC. The molecular weight excluding hydrogens is 500 g/mol. The molecule has 0 saturated heterocycles. The van der Waals surface area contributed by atoms with Gasteiger partial charge in [-0.1, -0.05) is 36.4 Å². The van der Waals surface area contributed by atoms with Crippen LogP contribution in [0, 0.1) is 0 Å². The van der Waals surface area contributed by atoms with Gasteiger partial charge in [0.15, 0.2) is 9.84 Å². The topological polar surface area (TPSA) is 78.9 Å². The van der Waals surface area contributed by atoms with E-state index in [1.165, 1.54) is 0 Å². The number of carbonyl (C=O) groups is 1. The molecule has 0 N–H and O–H groups in total. The van der Waals surface area contributed by atoms with E-state index in [2.05, 4.69) is 0 Å². The summed E-state index contributed by atoms with van der Waals surface area (Å²) in [5.74, 6) is 1.08. The molecule has 6 nitrogen and oxygen atoms in total. The van der Waals surface area contributed by atoms with Gasteiger partial charge in [0.1, 0.15) is 11.5 Å². The van der Waals surface area contributed by atoms with Crippen LogP contribution in [0.1, 0.15) is 64.0 Å². The molecule has 7 heteroatoms. The summed E-state index contributed by atoms with van der Waals surface area (Å²) in [6, 6.07) is 16.8. The number of esters is 1. The second-order valence-corrected chi connectivity index (χ2v) is 12.2. The number of benzene rings is 3. The first kappa shape index (κ1) is 28.0. The Labute approximate surface area is 226 Å². The highest BCUT2D eigenvalue weighted by Crippen LogP contribution is 2.35. The highest BCUT2D eigenvalue weighted by molar-refractivity contribution is 7.92. The van der Waals surface area contributed by atoms with E-state index in [1.807, 2.05) is 43.3 Å². The Morgan fingerprint density at radius 3 is 2.39 bits per heavy atom. The van der Waals surface area contributed by atoms with Crippen LogP contribution in [0.3, 0.4) is 0 Å². The average molecular weight is 539 g/mol. The minimum Gasteiger partial charge on any atom is -0.493 e. The van der Waals surface area contributed by atoms with Gasteiger partial charge in [0.25, 0.3) is 0 Å². The predicted octanol–water partition coefficient (Wildman–Crippen LogP) is 6.46. The minimum atomic E-state index is -3.61. The molecule has 1 aliphatic rings. The predicted molar refractivity (Wildman–Crippen MR) is 150 cm³/mol. The fourth-order valence-corrected chi connectivity index (χ4v) is 6.61. The van der Waals surface area contributed by atoms with Gasteiger partial charge >= 0.3 is 5.97 Å². The van der Waals surface area contributed by atoms with Crippen molar-refractivity contribution in [3.05, 3.63) is 65.7 Å². The molecule has 1 fully saturated rings. The molecule has 3 aromatic carbocycles. The van der Waals surface area contributed by atoms with Gasteiger partial charge in [0.2, 0.25) is 0 Å². The van der Waals surface area contributed by atoms with Gasteiger partial charge in [-0.2, -0.15) is 0 Å². The molecule has 0 aliphatic heterocycles. The molecule has 1 saturated carbocycles. The molecule has 0 aromatic heterocycles. The minimum absolute atomic E-state index is 0.161. The molecule has 3 aromatic rings. The van der Waals surface area contributed by atoms with E-state index in [1.54, 1.807) is 32.0 Å².